The van der Waals surface area contributed by atoms with E-state index in [1.54, 1.807) is 4.90 Å². The van der Waals surface area contributed by atoms with Gasteiger partial charge in [0.2, 0.25) is 11.8 Å². The van der Waals surface area contributed by atoms with Crippen LogP contribution in [0.15, 0.2) is 41.4 Å². The molecule has 1 N–H and O–H groups in total. The third-order valence-electron chi connectivity index (χ3n) is 5.10. The van der Waals surface area contributed by atoms with Crippen molar-refractivity contribution in [3.8, 4) is 0 Å². The first-order chi connectivity index (χ1) is 13.8. The van der Waals surface area contributed by atoms with Crippen LogP contribution in [0.1, 0.15) is 35.6 Å². The normalized spacial score (nSPS) is 18.2. The van der Waals surface area contributed by atoms with Crippen molar-refractivity contribution in [1.29, 1.82) is 0 Å². The van der Waals surface area contributed by atoms with Gasteiger partial charge in [-0.25, -0.2) is 4.99 Å². The number of thioether (sulfide) groups is 1. The molecule has 5 nitrogen and oxygen atoms in total. The fourth-order valence-corrected chi connectivity index (χ4v) is 4.39. The molecule has 1 atom stereocenters. The van der Waals surface area contributed by atoms with Gasteiger partial charge in [-0.05, 0) is 69.5 Å². The van der Waals surface area contributed by atoms with Crippen molar-refractivity contribution < 1.29 is 9.59 Å². The van der Waals surface area contributed by atoms with Crippen LogP contribution in [-0.2, 0) is 9.59 Å². The number of amidine groups is 1. The fraction of sp³-hybridized carbons (Fsp3) is 0.348. The Labute approximate surface area is 176 Å². The number of aryl methyl sites for hydroxylation is 4. The molecule has 0 aromatic heterocycles. The van der Waals surface area contributed by atoms with E-state index in [0.29, 0.717) is 11.7 Å². The van der Waals surface area contributed by atoms with Crippen LogP contribution in [0.3, 0.4) is 0 Å². The topological polar surface area (TPSA) is 61.8 Å². The largest absolute Gasteiger partial charge is 0.325 e. The molecule has 2 aromatic rings. The molecule has 152 valence electrons. The maximum Gasteiger partial charge on any atom is 0.238 e. The number of nitrogens with one attached hydrogen (secondary N) is 1. The second-order valence-electron chi connectivity index (χ2n) is 7.42. The van der Waals surface area contributed by atoms with E-state index in [0.717, 1.165) is 28.1 Å². The summed E-state index contributed by atoms with van der Waals surface area (Å²) in [6.07, 6.45) is 0.168. The maximum absolute atomic E-state index is 12.9. The summed E-state index contributed by atoms with van der Waals surface area (Å²) in [6.45, 7) is 10.5. The predicted molar refractivity (Wildman–Crippen MR) is 121 cm³/mol. The van der Waals surface area contributed by atoms with Gasteiger partial charge in [0.1, 0.15) is 5.25 Å². The summed E-state index contributed by atoms with van der Waals surface area (Å²) in [5.74, 6) is -0.242. The molecular weight excluding hydrogens is 382 g/mol. The number of hydrogen-bond acceptors (Lipinski definition) is 4. The highest BCUT2D eigenvalue weighted by atomic mass is 32.2. The number of benzene rings is 2. The molecule has 6 heteroatoms. The number of amides is 2. The molecule has 0 aliphatic carbocycles. The van der Waals surface area contributed by atoms with E-state index in [9.17, 15) is 9.59 Å². The minimum absolute atomic E-state index is 0.0744. The summed E-state index contributed by atoms with van der Waals surface area (Å²) >= 11 is 1.35. The van der Waals surface area contributed by atoms with Crippen molar-refractivity contribution in [3.05, 3.63) is 58.7 Å². The van der Waals surface area contributed by atoms with Gasteiger partial charge in [0.15, 0.2) is 5.17 Å². The number of carbonyl (C=O) groups excluding carboxylic acids is 2. The maximum atomic E-state index is 12.9. The molecule has 0 saturated carbocycles. The molecule has 1 unspecified atom stereocenters. The van der Waals surface area contributed by atoms with Gasteiger partial charge in [-0.2, -0.15) is 0 Å². The van der Waals surface area contributed by atoms with Gasteiger partial charge < -0.3 is 5.32 Å². The van der Waals surface area contributed by atoms with Crippen molar-refractivity contribution in [1.82, 2.24) is 4.90 Å². The highest BCUT2D eigenvalue weighted by Crippen LogP contribution is 2.30. The van der Waals surface area contributed by atoms with Gasteiger partial charge >= 0.3 is 0 Å². The van der Waals surface area contributed by atoms with E-state index in [1.165, 1.54) is 17.3 Å². The standard InChI is InChI=1S/C23H27N3O2S/c1-6-26-21(27)13-20(22(28)25-19-10-7-14(2)11-17(19)5)29-23(26)24-18-9-8-15(3)16(4)12-18/h7-12,20H,6,13H2,1-5H3,(H,25,28). The lowest BCUT2D eigenvalue weighted by atomic mass is 10.1. The summed E-state index contributed by atoms with van der Waals surface area (Å²) in [7, 11) is 0. The number of anilines is 1. The van der Waals surface area contributed by atoms with Crippen LogP contribution in [0, 0.1) is 27.7 Å². The average molecular weight is 410 g/mol. The second-order valence-corrected chi connectivity index (χ2v) is 8.59. The number of aliphatic imine (C=N–C) groups is 1. The second kappa shape index (κ2) is 8.82. The first-order valence-corrected chi connectivity index (χ1v) is 10.7. The van der Waals surface area contributed by atoms with E-state index in [4.69, 9.17) is 4.99 Å². The van der Waals surface area contributed by atoms with Gasteiger partial charge in [-0.1, -0.05) is 35.5 Å². The fourth-order valence-electron chi connectivity index (χ4n) is 3.23. The van der Waals surface area contributed by atoms with Crippen LogP contribution in [0.25, 0.3) is 0 Å². The van der Waals surface area contributed by atoms with E-state index in [1.807, 2.05) is 64.1 Å². The molecule has 0 spiro atoms. The van der Waals surface area contributed by atoms with Gasteiger partial charge in [-0.15, -0.1) is 0 Å². The Morgan fingerprint density at radius 2 is 1.86 bits per heavy atom. The highest BCUT2D eigenvalue weighted by molar-refractivity contribution is 8.15. The third kappa shape index (κ3) is 4.88. The van der Waals surface area contributed by atoms with Crippen molar-refractivity contribution in [2.24, 2.45) is 4.99 Å². The number of carbonyl (C=O) groups is 2. The van der Waals surface area contributed by atoms with E-state index in [-0.39, 0.29) is 18.2 Å². The van der Waals surface area contributed by atoms with Gasteiger partial charge in [0.05, 0.1) is 5.69 Å². The molecule has 0 radical (unpaired) electrons. The molecule has 2 aromatic carbocycles. The first kappa shape index (κ1) is 21.1. The zero-order valence-corrected chi connectivity index (χ0v) is 18.4. The number of hydrogen-bond donors (Lipinski definition) is 1. The van der Waals surface area contributed by atoms with Crippen LogP contribution in [0.5, 0.6) is 0 Å². The SMILES string of the molecule is CCN1C(=O)CC(C(=O)Nc2ccc(C)cc2C)SC1=Nc1ccc(C)c(C)c1. The molecule has 1 saturated heterocycles. The molecule has 0 bridgehead atoms. The Morgan fingerprint density at radius 1 is 1.10 bits per heavy atom. The number of nitrogens with zero attached hydrogens (tertiary/aromatic N) is 2. The summed E-state index contributed by atoms with van der Waals surface area (Å²) < 4.78 is 0. The Bertz CT molecular complexity index is 984. The summed E-state index contributed by atoms with van der Waals surface area (Å²) in [5, 5.41) is 3.05. The highest BCUT2D eigenvalue weighted by Gasteiger charge is 2.35. The van der Waals surface area contributed by atoms with Crippen LogP contribution >= 0.6 is 11.8 Å². The van der Waals surface area contributed by atoms with Gasteiger partial charge in [-0.3, -0.25) is 14.5 Å². The van der Waals surface area contributed by atoms with E-state index < -0.39 is 5.25 Å². The number of rotatable bonds is 4. The van der Waals surface area contributed by atoms with Crippen molar-refractivity contribution in [2.75, 3.05) is 11.9 Å². The molecule has 3 rings (SSSR count). The molecule has 1 heterocycles. The lowest BCUT2D eigenvalue weighted by Gasteiger charge is -2.31. The quantitative estimate of drug-likeness (QED) is 0.781. The van der Waals surface area contributed by atoms with Crippen molar-refractivity contribution in [2.45, 2.75) is 46.3 Å². The minimum atomic E-state index is -0.503. The third-order valence-corrected chi connectivity index (χ3v) is 6.29. The van der Waals surface area contributed by atoms with E-state index in [2.05, 4.69) is 12.2 Å². The van der Waals surface area contributed by atoms with Crippen LogP contribution in [0.2, 0.25) is 0 Å². The Balaban J connectivity index is 1.84. The summed E-state index contributed by atoms with van der Waals surface area (Å²) in [6, 6.07) is 11.9. The van der Waals surface area contributed by atoms with Crippen LogP contribution in [-0.4, -0.2) is 33.7 Å². The lowest BCUT2D eigenvalue weighted by Crippen LogP contribution is -2.45. The summed E-state index contributed by atoms with van der Waals surface area (Å²) in [5.41, 5.74) is 6.05. The molecular formula is C23H27N3O2S. The monoisotopic (exact) mass is 409 g/mol. The van der Waals surface area contributed by atoms with Crippen LogP contribution < -0.4 is 5.32 Å². The zero-order chi connectivity index (χ0) is 21.1. The lowest BCUT2D eigenvalue weighted by molar-refractivity contribution is -0.129. The molecule has 1 fully saturated rings. The van der Waals surface area contributed by atoms with E-state index >= 15 is 0 Å². The van der Waals surface area contributed by atoms with Gasteiger partial charge in [0, 0.05) is 18.7 Å². The molecule has 2 amide bonds. The predicted octanol–water partition coefficient (Wildman–Crippen LogP) is 4.90. The minimum Gasteiger partial charge on any atom is -0.325 e. The smallest absolute Gasteiger partial charge is 0.238 e. The van der Waals surface area contributed by atoms with Crippen molar-refractivity contribution in [3.63, 3.8) is 0 Å². The Morgan fingerprint density at radius 3 is 2.52 bits per heavy atom. The molecule has 29 heavy (non-hydrogen) atoms. The molecule has 1 aliphatic rings. The Hall–Kier alpha value is -2.60. The first-order valence-electron chi connectivity index (χ1n) is 9.79. The average Bonchev–Trinajstić information content (AvgIpc) is 2.66. The van der Waals surface area contributed by atoms with Crippen molar-refractivity contribution >= 4 is 40.1 Å². The van der Waals surface area contributed by atoms with Gasteiger partial charge in [0.25, 0.3) is 0 Å². The zero-order valence-electron chi connectivity index (χ0n) is 17.6. The van der Waals surface area contributed by atoms with Crippen LogP contribution in [0.4, 0.5) is 11.4 Å². The summed E-state index contributed by atoms with van der Waals surface area (Å²) in [4.78, 5) is 31.9. The molecule has 1 aliphatic heterocycles. The Kier molecular flexibility index (Phi) is 6.42.